The normalized spacial score (nSPS) is 12.8. The number of hydrogen-bond donors (Lipinski definition) is 2. The maximum absolute atomic E-state index is 12.3. The Kier molecular flexibility index (Phi) is 5.57. The third kappa shape index (κ3) is 3.94. The largest absolute Gasteiger partial charge is 0.355 e. The third-order valence-corrected chi connectivity index (χ3v) is 5.28. The monoisotopic (exact) mass is 468 g/mol. The number of nitrogens with zero attached hydrogens (tertiary/aromatic N) is 4. The van der Waals surface area contributed by atoms with Crippen molar-refractivity contribution in [2.45, 2.75) is 12.8 Å². The summed E-state index contributed by atoms with van der Waals surface area (Å²) in [6, 6.07) is 14.5. The molecule has 0 spiro atoms. The Morgan fingerprint density at radius 1 is 1.13 bits per heavy atom. The van der Waals surface area contributed by atoms with Crippen LogP contribution in [-0.2, 0) is 6.42 Å². The number of aromatic nitrogens is 2. The first-order valence-electron chi connectivity index (χ1n) is 9.21. The molecule has 1 amide bonds. The summed E-state index contributed by atoms with van der Waals surface area (Å²) >= 11 is 3.31. The van der Waals surface area contributed by atoms with Crippen molar-refractivity contribution in [2.75, 3.05) is 16.9 Å². The lowest BCUT2D eigenvalue weighted by Gasteiger charge is -2.30. The molecule has 9 nitrogen and oxygen atoms in total. The Morgan fingerprint density at radius 3 is 2.67 bits per heavy atom. The zero-order valence-corrected chi connectivity index (χ0v) is 17.3. The van der Waals surface area contributed by atoms with E-state index < -0.39 is 10.8 Å². The molecule has 30 heavy (non-hydrogen) atoms. The molecule has 2 N–H and O–H groups in total. The molecule has 1 aliphatic heterocycles. The van der Waals surface area contributed by atoms with E-state index in [1.165, 1.54) is 6.33 Å². The number of anilines is 3. The van der Waals surface area contributed by atoms with Crippen molar-refractivity contribution in [3.05, 3.63) is 80.6 Å². The fourth-order valence-electron chi connectivity index (χ4n) is 3.37. The number of benzene rings is 2. The van der Waals surface area contributed by atoms with Gasteiger partial charge in [0.1, 0.15) is 6.33 Å². The summed E-state index contributed by atoms with van der Waals surface area (Å²) in [6.07, 6.45) is 2.99. The van der Waals surface area contributed by atoms with Gasteiger partial charge in [0.2, 0.25) is 11.6 Å². The van der Waals surface area contributed by atoms with Crippen molar-refractivity contribution in [1.29, 1.82) is 0 Å². The molecule has 2 aromatic carbocycles. The topological polar surface area (TPSA) is 113 Å². The highest BCUT2D eigenvalue weighted by molar-refractivity contribution is 9.10. The minimum Gasteiger partial charge on any atom is -0.320 e. The second kappa shape index (κ2) is 8.46. The van der Waals surface area contributed by atoms with Gasteiger partial charge in [0, 0.05) is 22.3 Å². The summed E-state index contributed by atoms with van der Waals surface area (Å²) in [6.45, 7) is 0.597. The summed E-state index contributed by atoms with van der Waals surface area (Å²) in [5, 5.41) is 11.9. The van der Waals surface area contributed by atoms with Crippen LogP contribution < -0.4 is 15.8 Å². The van der Waals surface area contributed by atoms with Crippen LogP contribution in [0.3, 0.4) is 0 Å². The van der Waals surface area contributed by atoms with Crippen LogP contribution in [0.2, 0.25) is 0 Å². The van der Waals surface area contributed by atoms with Crippen LogP contribution in [0, 0.1) is 10.1 Å². The van der Waals surface area contributed by atoms with Crippen molar-refractivity contribution < 1.29 is 9.72 Å². The van der Waals surface area contributed by atoms with Gasteiger partial charge in [0.25, 0.3) is 5.91 Å². The van der Waals surface area contributed by atoms with Crippen molar-refractivity contribution in [3.63, 3.8) is 0 Å². The van der Waals surface area contributed by atoms with E-state index in [2.05, 4.69) is 36.7 Å². The maximum atomic E-state index is 12.3. The number of halogens is 1. The molecule has 0 atom stereocenters. The number of nitrogens with one attached hydrogen (secondary N) is 2. The van der Waals surface area contributed by atoms with Crippen LogP contribution in [0.25, 0.3) is 0 Å². The van der Waals surface area contributed by atoms with Crippen LogP contribution in [0.4, 0.5) is 23.0 Å². The molecule has 3 aromatic rings. The van der Waals surface area contributed by atoms with Gasteiger partial charge in [-0.3, -0.25) is 25.8 Å². The summed E-state index contributed by atoms with van der Waals surface area (Å²) in [4.78, 5) is 33.7. The third-order valence-electron chi connectivity index (χ3n) is 4.75. The van der Waals surface area contributed by atoms with E-state index in [1.807, 2.05) is 29.2 Å². The van der Waals surface area contributed by atoms with E-state index in [4.69, 9.17) is 0 Å². The van der Waals surface area contributed by atoms with Crippen LogP contribution in [0.5, 0.6) is 0 Å². The van der Waals surface area contributed by atoms with E-state index in [-0.39, 0.29) is 17.3 Å². The minimum absolute atomic E-state index is 0.0847. The van der Waals surface area contributed by atoms with Crippen molar-refractivity contribution >= 4 is 44.8 Å². The number of hydrazine groups is 1. The molecular formula is C20H17BrN6O3. The quantitative estimate of drug-likeness (QED) is 0.429. The number of aryl methyl sites for hydroxylation is 1. The SMILES string of the molecule is O=C(NNc1ncnc(N2CCCc3ccccc32)c1[N+](=O)[O-])c1ccc(Br)cc1. The smallest absolute Gasteiger partial charge is 0.320 e. The van der Waals surface area contributed by atoms with Gasteiger partial charge in [-0.15, -0.1) is 0 Å². The highest BCUT2D eigenvalue weighted by Crippen LogP contribution is 2.39. The second-order valence-corrected chi connectivity index (χ2v) is 7.54. The number of hydrogen-bond acceptors (Lipinski definition) is 7. The Labute approximate surface area is 180 Å². The first-order valence-corrected chi connectivity index (χ1v) is 10.0. The van der Waals surface area contributed by atoms with Gasteiger partial charge in [-0.1, -0.05) is 34.1 Å². The molecule has 0 saturated heterocycles. The average molecular weight is 469 g/mol. The van der Waals surface area contributed by atoms with E-state index in [9.17, 15) is 14.9 Å². The lowest BCUT2D eigenvalue weighted by atomic mass is 10.0. The first-order chi connectivity index (χ1) is 14.5. The van der Waals surface area contributed by atoms with Crippen molar-refractivity contribution in [3.8, 4) is 0 Å². The number of fused-ring (bicyclic) bond motifs is 1. The van der Waals surface area contributed by atoms with Crippen molar-refractivity contribution in [1.82, 2.24) is 15.4 Å². The van der Waals surface area contributed by atoms with Crippen LogP contribution in [0.15, 0.2) is 59.3 Å². The molecule has 0 unspecified atom stereocenters. The molecule has 0 saturated carbocycles. The number of carbonyl (C=O) groups is 1. The first kappa shape index (κ1) is 19.8. The van der Waals surface area contributed by atoms with Gasteiger partial charge in [0.05, 0.1) is 4.92 Å². The number of nitro groups is 1. The fraction of sp³-hybridized carbons (Fsp3) is 0.150. The van der Waals surface area contributed by atoms with E-state index in [0.29, 0.717) is 12.1 Å². The molecule has 10 heteroatoms. The van der Waals surface area contributed by atoms with Crippen LogP contribution in [0.1, 0.15) is 22.3 Å². The predicted octanol–water partition coefficient (Wildman–Crippen LogP) is 3.99. The molecule has 1 aromatic heterocycles. The molecule has 152 valence electrons. The van der Waals surface area contributed by atoms with E-state index in [0.717, 1.165) is 28.6 Å². The molecule has 0 aliphatic carbocycles. The molecule has 0 bridgehead atoms. The number of carbonyl (C=O) groups excluding carboxylic acids is 1. The maximum Gasteiger partial charge on any atom is 0.355 e. The summed E-state index contributed by atoms with van der Waals surface area (Å²) in [5.41, 5.74) is 7.13. The average Bonchev–Trinajstić information content (AvgIpc) is 2.77. The summed E-state index contributed by atoms with van der Waals surface area (Å²) in [7, 11) is 0. The second-order valence-electron chi connectivity index (χ2n) is 6.62. The lowest BCUT2D eigenvalue weighted by molar-refractivity contribution is -0.383. The highest BCUT2D eigenvalue weighted by atomic mass is 79.9. The summed E-state index contributed by atoms with van der Waals surface area (Å²) in [5.74, 6) is -0.346. The van der Waals surface area contributed by atoms with Gasteiger partial charge in [-0.2, -0.15) is 0 Å². The standard InChI is InChI=1S/C20H17BrN6O3/c21-15-9-7-14(8-10-15)20(28)25-24-18-17(27(29)30)19(23-12-22-18)26-11-3-5-13-4-1-2-6-16(13)26/h1-2,4,6-10,12H,3,5,11H2,(H,25,28)(H,22,23,24). The Hall–Kier alpha value is -3.53. The number of amides is 1. The van der Waals surface area contributed by atoms with Gasteiger partial charge in [-0.05, 0) is 48.7 Å². The highest BCUT2D eigenvalue weighted by Gasteiger charge is 2.30. The lowest BCUT2D eigenvalue weighted by Crippen LogP contribution is -2.31. The molecule has 0 radical (unpaired) electrons. The van der Waals surface area contributed by atoms with Gasteiger partial charge >= 0.3 is 5.69 Å². The fourth-order valence-corrected chi connectivity index (χ4v) is 3.63. The van der Waals surface area contributed by atoms with Crippen molar-refractivity contribution in [2.24, 2.45) is 0 Å². The molecule has 1 aliphatic rings. The molecule has 0 fully saturated rings. The Morgan fingerprint density at radius 2 is 1.90 bits per heavy atom. The minimum atomic E-state index is -0.541. The van der Waals surface area contributed by atoms with Gasteiger partial charge < -0.3 is 4.90 Å². The Balaban J connectivity index is 1.64. The molecular weight excluding hydrogens is 452 g/mol. The van der Waals surface area contributed by atoms with E-state index >= 15 is 0 Å². The molecule has 2 heterocycles. The predicted molar refractivity (Wildman–Crippen MR) is 116 cm³/mol. The van der Waals surface area contributed by atoms with E-state index in [1.54, 1.807) is 24.3 Å². The molecule has 4 rings (SSSR count). The number of rotatable bonds is 5. The van der Waals surface area contributed by atoms with Gasteiger partial charge in [-0.25, -0.2) is 9.97 Å². The zero-order valence-electron chi connectivity index (χ0n) is 15.7. The zero-order chi connectivity index (χ0) is 21.1. The van der Waals surface area contributed by atoms with Crippen LogP contribution >= 0.6 is 15.9 Å². The van der Waals surface area contributed by atoms with Gasteiger partial charge in [0.15, 0.2) is 0 Å². The summed E-state index contributed by atoms with van der Waals surface area (Å²) < 4.78 is 0.838. The Bertz CT molecular complexity index is 1110. The number of para-hydroxylation sites is 1. The van der Waals surface area contributed by atoms with Crippen LogP contribution in [-0.4, -0.2) is 27.3 Å².